The molecule has 0 aliphatic heterocycles. The van der Waals surface area contributed by atoms with Crippen molar-refractivity contribution in [2.24, 2.45) is 0 Å². The number of phenols is 1. The molecule has 0 amide bonds. The zero-order valence-corrected chi connectivity index (χ0v) is 10.4. The van der Waals surface area contributed by atoms with Crippen molar-refractivity contribution < 1.29 is 5.11 Å². The smallest absolute Gasteiger partial charge is 0.118 e. The number of rotatable bonds is 1. The van der Waals surface area contributed by atoms with E-state index in [0.29, 0.717) is 5.75 Å². The van der Waals surface area contributed by atoms with Gasteiger partial charge in [-0.2, -0.15) is 0 Å². The van der Waals surface area contributed by atoms with E-state index < -0.39 is 0 Å². The van der Waals surface area contributed by atoms with Crippen LogP contribution in [0.3, 0.4) is 0 Å². The van der Waals surface area contributed by atoms with Gasteiger partial charge in [-0.05, 0) is 36.6 Å². The van der Waals surface area contributed by atoms with Crippen LogP contribution in [0.2, 0.25) is 0 Å². The Labute approximate surface area is 103 Å². The van der Waals surface area contributed by atoms with Crippen LogP contribution in [-0.2, 0) is 0 Å². The summed E-state index contributed by atoms with van der Waals surface area (Å²) in [6.45, 7) is 7.64. The topological polar surface area (TPSA) is 20.2 Å². The highest BCUT2D eigenvalue weighted by Gasteiger charge is 1.87. The maximum absolute atomic E-state index is 8.92. The lowest BCUT2D eigenvalue weighted by Crippen LogP contribution is -1.75. The number of benzene rings is 2. The van der Waals surface area contributed by atoms with Gasteiger partial charge in [0, 0.05) is 0 Å². The van der Waals surface area contributed by atoms with Crippen molar-refractivity contribution in [1.82, 2.24) is 0 Å². The van der Waals surface area contributed by atoms with Crippen molar-refractivity contribution in [3.8, 4) is 5.75 Å². The Morgan fingerprint density at radius 1 is 0.882 bits per heavy atom. The van der Waals surface area contributed by atoms with E-state index in [1.54, 1.807) is 6.07 Å². The SMILES string of the molecule is C=Cc1ccccc1C.Cc1ccccc1O. The van der Waals surface area contributed by atoms with Crippen LogP contribution in [0.5, 0.6) is 5.75 Å². The molecule has 2 aromatic rings. The average molecular weight is 226 g/mol. The first-order chi connectivity index (χ1) is 8.15. The lowest BCUT2D eigenvalue weighted by molar-refractivity contribution is 0.471. The first-order valence-corrected chi connectivity index (χ1v) is 5.58. The minimum atomic E-state index is 0.368. The van der Waals surface area contributed by atoms with Gasteiger partial charge in [0.15, 0.2) is 0 Å². The molecule has 0 aromatic heterocycles. The number of aromatic hydroxyl groups is 1. The Morgan fingerprint density at radius 3 is 1.76 bits per heavy atom. The van der Waals surface area contributed by atoms with Crippen LogP contribution in [0.25, 0.3) is 6.08 Å². The molecule has 88 valence electrons. The van der Waals surface area contributed by atoms with Crippen molar-refractivity contribution in [3.05, 3.63) is 71.8 Å². The lowest BCUT2D eigenvalue weighted by atomic mass is 10.1. The van der Waals surface area contributed by atoms with Gasteiger partial charge in [-0.15, -0.1) is 0 Å². The van der Waals surface area contributed by atoms with Gasteiger partial charge in [-0.25, -0.2) is 0 Å². The van der Waals surface area contributed by atoms with Crippen molar-refractivity contribution >= 4 is 6.08 Å². The first kappa shape index (κ1) is 13.0. The molecule has 0 atom stereocenters. The van der Waals surface area contributed by atoms with Gasteiger partial charge < -0.3 is 5.11 Å². The Balaban J connectivity index is 0.000000171. The molecule has 1 heteroatoms. The Morgan fingerprint density at radius 2 is 1.41 bits per heavy atom. The molecule has 0 aliphatic carbocycles. The molecule has 0 heterocycles. The summed E-state index contributed by atoms with van der Waals surface area (Å²) >= 11 is 0. The summed E-state index contributed by atoms with van der Waals surface area (Å²) in [5, 5.41) is 8.92. The summed E-state index contributed by atoms with van der Waals surface area (Å²) < 4.78 is 0. The van der Waals surface area contributed by atoms with Gasteiger partial charge >= 0.3 is 0 Å². The third kappa shape index (κ3) is 4.15. The predicted octanol–water partition coefficient (Wildman–Crippen LogP) is 4.34. The van der Waals surface area contributed by atoms with Crippen LogP contribution < -0.4 is 0 Å². The minimum Gasteiger partial charge on any atom is -0.508 e. The summed E-state index contributed by atoms with van der Waals surface area (Å²) in [5.74, 6) is 0.368. The molecule has 2 rings (SSSR count). The zero-order valence-electron chi connectivity index (χ0n) is 10.4. The lowest BCUT2D eigenvalue weighted by Gasteiger charge is -1.95. The second-order valence-electron chi connectivity index (χ2n) is 3.85. The van der Waals surface area contributed by atoms with Crippen molar-refractivity contribution in [2.45, 2.75) is 13.8 Å². The van der Waals surface area contributed by atoms with E-state index in [1.165, 1.54) is 11.1 Å². The number of para-hydroxylation sites is 1. The van der Waals surface area contributed by atoms with Crippen molar-refractivity contribution in [1.29, 1.82) is 0 Å². The van der Waals surface area contributed by atoms with Gasteiger partial charge in [-0.1, -0.05) is 55.1 Å². The van der Waals surface area contributed by atoms with Crippen LogP contribution in [0.4, 0.5) is 0 Å². The summed E-state index contributed by atoms with van der Waals surface area (Å²) in [6.07, 6.45) is 1.87. The molecule has 0 saturated heterocycles. The quantitative estimate of drug-likeness (QED) is 0.767. The number of aryl methyl sites for hydroxylation is 2. The molecule has 0 bridgehead atoms. The van der Waals surface area contributed by atoms with Gasteiger partial charge in [-0.3, -0.25) is 0 Å². The van der Waals surface area contributed by atoms with Crippen LogP contribution >= 0.6 is 0 Å². The summed E-state index contributed by atoms with van der Waals surface area (Å²) in [6, 6.07) is 15.4. The Bertz CT molecular complexity index is 465. The maximum Gasteiger partial charge on any atom is 0.118 e. The summed E-state index contributed by atoms with van der Waals surface area (Å²) in [4.78, 5) is 0. The third-order valence-corrected chi connectivity index (χ3v) is 2.52. The predicted molar refractivity (Wildman–Crippen MR) is 74.1 cm³/mol. The van der Waals surface area contributed by atoms with Gasteiger partial charge in [0.1, 0.15) is 5.75 Å². The molecule has 2 aromatic carbocycles. The first-order valence-electron chi connectivity index (χ1n) is 5.58. The second-order valence-corrected chi connectivity index (χ2v) is 3.85. The fourth-order valence-corrected chi connectivity index (χ4v) is 1.38. The van der Waals surface area contributed by atoms with E-state index in [9.17, 15) is 0 Å². The minimum absolute atomic E-state index is 0.368. The van der Waals surface area contributed by atoms with Crippen molar-refractivity contribution in [2.75, 3.05) is 0 Å². The standard InChI is InChI=1S/C9H10.C7H8O/c1-3-9-7-5-4-6-8(9)2;1-6-4-2-3-5-7(6)8/h3-7H,1H2,2H3;2-5,8H,1H3. The van der Waals surface area contributed by atoms with E-state index in [-0.39, 0.29) is 0 Å². The molecular formula is C16H18O. The van der Waals surface area contributed by atoms with Gasteiger partial charge in [0.25, 0.3) is 0 Å². The molecule has 0 aliphatic rings. The average Bonchev–Trinajstić information content (AvgIpc) is 2.34. The fourth-order valence-electron chi connectivity index (χ4n) is 1.38. The molecule has 0 fully saturated rings. The van der Waals surface area contributed by atoms with Crippen LogP contribution in [-0.4, -0.2) is 5.11 Å². The Kier molecular flexibility index (Phi) is 5.02. The highest BCUT2D eigenvalue weighted by molar-refractivity contribution is 5.50. The monoisotopic (exact) mass is 226 g/mol. The van der Waals surface area contributed by atoms with Gasteiger partial charge in [0.05, 0.1) is 0 Å². The normalized spacial score (nSPS) is 9.06. The van der Waals surface area contributed by atoms with Gasteiger partial charge in [0.2, 0.25) is 0 Å². The highest BCUT2D eigenvalue weighted by Crippen LogP contribution is 2.12. The molecule has 0 saturated carbocycles. The molecular weight excluding hydrogens is 208 g/mol. The van der Waals surface area contributed by atoms with Crippen LogP contribution in [0, 0.1) is 13.8 Å². The summed E-state index contributed by atoms with van der Waals surface area (Å²) in [7, 11) is 0. The number of phenolic OH excluding ortho intramolecular Hbond substituents is 1. The largest absolute Gasteiger partial charge is 0.508 e. The van der Waals surface area contributed by atoms with E-state index in [4.69, 9.17) is 5.11 Å². The van der Waals surface area contributed by atoms with E-state index >= 15 is 0 Å². The molecule has 1 N–H and O–H groups in total. The molecule has 1 nitrogen and oxygen atoms in total. The van der Waals surface area contributed by atoms with E-state index in [0.717, 1.165) is 5.56 Å². The van der Waals surface area contributed by atoms with Crippen molar-refractivity contribution in [3.63, 3.8) is 0 Å². The fraction of sp³-hybridized carbons (Fsp3) is 0.125. The van der Waals surface area contributed by atoms with E-state index in [2.05, 4.69) is 25.6 Å². The highest BCUT2D eigenvalue weighted by atomic mass is 16.3. The van der Waals surface area contributed by atoms with E-state index in [1.807, 2.05) is 43.3 Å². The van der Waals surface area contributed by atoms with Crippen LogP contribution in [0.15, 0.2) is 55.1 Å². The number of hydrogen-bond donors (Lipinski definition) is 1. The number of hydrogen-bond acceptors (Lipinski definition) is 1. The summed E-state index contributed by atoms with van der Waals surface area (Å²) in [5.41, 5.74) is 3.43. The molecule has 17 heavy (non-hydrogen) atoms. The third-order valence-electron chi connectivity index (χ3n) is 2.52. The second kappa shape index (κ2) is 6.54. The maximum atomic E-state index is 8.92. The zero-order chi connectivity index (χ0) is 12.7. The molecule has 0 radical (unpaired) electrons. The van der Waals surface area contributed by atoms with Crippen LogP contribution in [0.1, 0.15) is 16.7 Å². The molecule has 0 unspecified atom stereocenters. The molecule has 0 spiro atoms. The Hall–Kier alpha value is -2.02.